The molecule has 0 fully saturated rings. The molecule has 0 atom stereocenters. The van der Waals surface area contributed by atoms with Gasteiger partial charge in [-0.2, -0.15) is 5.10 Å². The summed E-state index contributed by atoms with van der Waals surface area (Å²) >= 11 is 4.70. The third-order valence-corrected chi connectivity index (χ3v) is 4.83. The minimum atomic E-state index is -0.288. The molecule has 9 heteroatoms. The zero-order chi connectivity index (χ0) is 16.4. The number of halogens is 1. The fourth-order valence-electron chi connectivity index (χ4n) is 1.97. The average Bonchev–Trinajstić information content (AvgIpc) is 3.05. The minimum Gasteiger partial charge on any atom is -0.285 e. The highest BCUT2D eigenvalue weighted by Gasteiger charge is 2.24. The van der Waals surface area contributed by atoms with Crippen molar-refractivity contribution < 1.29 is 9.59 Å². The summed E-state index contributed by atoms with van der Waals surface area (Å²) in [5.74, 6) is -0.471. The van der Waals surface area contributed by atoms with Crippen molar-refractivity contribution in [3.05, 3.63) is 28.7 Å². The van der Waals surface area contributed by atoms with E-state index in [0.29, 0.717) is 17.3 Å². The van der Waals surface area contributed by atoms with Crippen LogP contribution in [0.5, 0.6) is 0 Å². The first-order valence-corrected chi connectivity index (χ1v) is 8.38. The lowest BCUT2D eigenvalue weighted by molar-refractivity contribution is -0.121. The molecule has 1 aromatic heterocycles. The molecule has 0 aliphatic carbocycles. The Kier molecular flexibility index (Phi) is 4.49. The molecule has 1 aliphatic rings. The van der Waals surface area contributed by atoms with Crippen LogP contribution in [0, 0.1) is 0 Å². The predicted molar refractivity (Wildman–Crippen MR) is 91.3 cm³/mol. The van der Waals surface area contributed by atoms with E-state index < -0.39 is 0 Å². The van der Waals surface area contributed by atoms with Gasteiger partial charge in [-0.05, 0) is 12.1 Å². The Morgan fingerprint density at radius 3 is 2.65 bits per heavy atom. The third kappa shape index (κ3) is 3.45. The highest BCUT2D eigenvalue weighted by Crippen LogP contribution is 2.29. The van der Waals surface area contributed by atoms with Crippen LogP contribution in [0.1, 0.15) is 12.8 Å². The van der Waals surface area contributed by atoms with Gasteiger partial charge in [0.05, 0.1) is 0 Å². The summed E-state index contributed by atoms with van der Waals surface area (Å²) in [4.78, 5) is 24.9. The van der Waals surface area contributed by atoms with Crippen LogP contribution in [0.2, 0.25) is 0 Å². The Bertz CT molecular complexity index is 787. The first-order valence-electron chi connectivity index (χ1n) is 6.77. The Labute approximate surface area is 144 Å². The van der Waals surface area contributed by atoms with Crippen LogP contribution in [-0.4, -0.2) is 34.8 Å². The number of hydrazone groups is 1. The van der Waals surface area contributed by atoms with E-state index in [1.54, 1.807) is 7.05 Å². The molecule has 0 saturated carbocycles. The van der Waals surface area contributed by atoms with E-state index in [-0.39, 0.29) is 18.2 Å². The van der Waals surface area contributed by atoms with Crippen molar-refractivity contribution in [3.63, 3.8) is 0 Å². The fourth-order valence-corrected chi connectivity index (χ4v) is 3.04. The van der Waals surface area contributed by atoms with Crippen molar-refractivity contribution in [2.75, 3.05) is 11.9 Å². The topological polar surface area (TPSA) is 87.5 Å². The molecular weight excluding hydrogens is 382 g/mol. The molecule has 0 unspecified atom stereocenters. The van der Waals surface area contributed by atoms with E-state index in [9.17, 15) is 9.59 Å². The van der Waals surface area contributed by atoms with Gasteiger partial charge in [-0.1, -0.05) is 39.4 Å². The molecule has 0 radical (unpaired) electrons. The van der Waals surface area contributed by atoms with E-state index in [1.165, 1.54) is 16.2 Å². The summed E-state index contributed by atoms with van der Waals surface area (Å²) in [6, 6.07) is 7.70. The highest BCUT2D eigenvalue weighted by atomic mass is 79.9. The maximum absolute atomic E-state index is 12.4. The van der Waals surface area contributed by atoms with E-state index in [4.69, 9.17) is 0 Å². The molecule has 23 heavy (non-hydrogen) atoms. The molecule has 118 valence electrons. The zero-order valence-corrected chi connectivity index (χ0v) is 14.5. The molecule has 2 aromatic rings. The van der Waals surface area contributed by atoms with Crippen molar-refractivity contribution in [3.8, 4) is 10.6 Å². The number of nitrogens with one attached hydrogen (secondary N) is 1. The number of aromatic nitrogens is 2. The second-order valence-electron chi connectivity index (χ2n) is 4.85. The minimum absolute atomic E-state index is 0.183. The van der Waals surface area contributed by atoms with Crippen LogP contribution < -0.4 is 10.3 Å². The van der Waals surface area contributed by atoms with Gasteiger partial charge in [0, 0.05) is 29.9 Å². The standard InChI is InChI=1S/C14H12BrN5O2S/c1-20(13(22)10-6-7-11(21)17-16-10)14-19-18-12(23-14)8-2-4-9(15)5-3-8/h2-5H,6-7H2,1H3,(H,17,21). The van der Waals surface area contributed by atoms with Gasteiger partial charge in [0.25, 0.3) is 5.91 Å². The van der Waals surface area contributed by atoms with Gasteiger partial charge >= 0.3 is 0 Å². The molecule has 0 bridgehead atoms. The quantitative estimate of drug-likeness (QED) is 0.865. The zero-order valence-electron chi connectivity index (χ0n) is 12.1. The molecule has 2 amide bonds. The average molecular weight is 394 g/mol. The Morgan fingerprint density at radius 1 is 1.26 bits per heavy atom. The van der Waals surface area contributed by atoms with Crippen molar-refractivity contribution in [2.45, 2.75) is 12.8 Å². The van der Waals surface area contributed by atoms with Gasteiger partial charge in [-0.25, -0.2) is 5.43 Å². The maximum atomic E-state index is 12.4. The van der Waals surface area contributed by atoms with Crippen LogP contribution in [0.15, 0.2) is 33.8 Å². The summed E-state index contributed by atoms with van der Waals surface area (Å²) in [5, 5.41) is 13.2. The number of hydrogen-bond acceptors (Lipinski definition) is 6. The Hall–Kier alpha value is -2.13. The lowest BCUT2D eigenvalue weighted by Gasteiger charge is -2.16. The summed E-state index contributed by atoms with van der Waals surface area (Å²) < 4.78 is 0.982. The van der Waals surface area contributed by atoms with Crippen molar-refractivity contribution in [1.82, 2.24) is 15.6 Å². The lowest BCUT2D eigenvalue weighted by Crippen LogP contribution is -2.38. The van der Waals surface area contributed by atoms with E-state index >= 15 is 0 Å². The van der Waals surface area contributed by atoms with Crippen LogP contribution >= 0.6 is 27.3 Å². The second kappa shape index (κ2) is 6.55. The van der Waals surface area contributed by atoms with Crippen LogP contribution in [0.3, 0.4) is 0 Å². The van der Waals surface area contributed by atoms with Crippen LogP contribution in [-0.2, 0) is 9.59 Å². The van der Waals surface area contributed by atoms with E-state index in [2.05, 4.69) is 36.7 Å². The third-order valence-electron chi connectivity index (χ3n) is 3.25. The van der Waals surface area contributed by atoms with Gasteiger partial charge < -0.3 is 0 Å². The number of rotatable bonds is 3. The van der Waals surface area contributed by atoms with Crippen LogP contribution in [0.4, 0.5) is 5.13 Å². The summed E-state index contributed by atoms with van der Waals surface area (Å²) in [6.07, 6.45) is 0.589. The van der Waals surface area contributed by atoms with Gasteiger partial charge in [0.2, 0.25) is 11.0 Å². The fraction of sp³-hybridized carbons (Fsp3) is 0.214. The molecular formula is C14H12BrN5O2S. The number of amides is 2. The largest absolute Gasteiger partial charge is 0.285 e. The number of benzene rings is 1. The second-order valence-corrected chi connectivity index (χ2v) is 6.73. The van der Waals surface area contributed by atoms with E-state index in [1.807, 2.05) is 24.3 Å². The highest BCUT2D eigenvalue weighted by molar-refractivity contribution is 9.10. The molecule has 0 spiro atoms. The molecule has 1 N–H and O–H groups in total. The van der Waals surface area contributed by atoms with Crippen molar-refractivity contribution >= 4 is 49.9 Å². The summed E-state index contributed by atoms with van der Waals surface area (Å²) in [5.41, 5.74) is 3.56. The molecule has 0 saturated heterocycles. The monoisotopic (exact) mass is 393 g/mol. The first-order chi connectivity index (χ1) is 11.0. The number of carbonyl (C=O) groups excluding carboxylic acids is 2. The predicted octanol–water partition coefficient (Wildman–Crippen LogP) is 2.20. The van der Waals surface area contributed by atoms with Crippen LogP contribution in [0.25, 0.3) is 10.6 Å². The van der Waals surface area contributed by atoms with Gasteiger partial charge in [0.15, 0.2) is 0 Å². The summed E-state index contributed by atoms with van der Waals surface area (Å²) in [6.45, 7) is 0. The normalized spacial score (nSPS) is 14.2. The lowest BCUT2D eigenvalue weighted by atomic mass is 10.1. The molecule has 7 nitrogen and oxygen atoms in total. The Balaban J connectivity index is 1.78. The maximum Gasteiger partial charge on any atom is 0.276 e. The smallest absolute Gasteiger partial charge is 0.276 e. The number of anilines is 1. The number of nitrogens with zero attached hydrogens (tertiary/aromatic N) is 4. The first kappa shape index (κ1) is 15.8. The van der Waals surface area contributed by atoms with Gasteiger partial charge in [-0.3, -0.25) is 14.5 Å². The van der Waals surface area contributed by atoms with E-state index in [0.717, 1.165) is 15.0 Å². The molecule has 1 aromatic carbocycles. The molecule has 3 rings (SSSR count). The van der Waals surface area contributed by atoms with Gasteiger partial charge in [-0.15, -0.1) is 10.2 Å². The number of hydrogen-bond donors (Lipinski definition) is 1. The van der Waals surface area contributed by atoms with Crippen molar-refractivity contribution in [2.24, 2.45) is 5.10 Å². The molecule has 1 aliphatic heterocycles. The Morgan fingerprint density at radius 2 is 2.00 bits per heavy atom. The number of carbonyl (C=O) groups is 2. The summed E-state index contributed by atoms with van der Waals surface area (Å²) in [7, 11) is 1.62. The van der Waals surface area contributed by atoms with Crippen molar-refractivity contribution in [1.29, 1.82) is 0 Å². The molecule has 2 heterocycles. The van der Waals surface area contributed by atoms with Gasteiger partial charge in [0.1, 0.15) is 10.7 Å². The SMILES string of the molecule is CN(C(=O)C1=NNC(=O)CC1)c1nnc(-c2ccc(Br)cc2)s1.